The number of anilines is 1. The van der Waals surface area contributed by atoms with Crippen LogP contribution >= 0.6 is 0 Å². The van der Waals surface area contributed by atoms with Crippen molar-refractivity contribution in [2.24, 2.45) is 5.73 Å². The van der Waals surface area contributed by atoms with Gasteiger partial charge in [-0.2, -0.15) is 0 Å². The molecule has 23 heavy (non-hydrogen) atoms. The molecule has 0 bridgehead atoms. The van der Waals surface area contributed by atoms with Crippen molar-refractivity contribution in [2.45, 2.75) is 18.9 Å². The van der Waals surface area contributed by atoms with Crippen LogP contribution in [0.25, 0.3) is 0 Å². The van der Waals surface area contributed by atoms with E-state index in [0.717, 1.165) is 25.9 Å². The van der Waals surface area contributed by atoms with Crippen LogP contribution in [0.5, 0.6) is 5.75 Å². The Labute approximate surface area is 135 Å². The molecule has 0 aliphatic carbocycles. The number of nitrogens with one attached hydrogen (secondary N) is 1. The molecule has 0 radical (unpaired) electrons. The summed E-state index contributed by atoms with van der Waals surface area (Å²) >= 11 is 0. The standard InChI is InChI=1S/C16H23N3O4/c1-22-10-14(17)16(21)18-12-5-4-6-13(9-12)23-11-15(20)19-7-2-3-8-19/h4-6,9,14H,2-3,7-8,10-11,17H2,1H3,(H,18,21). The molecule has 7 heteroatoms. The van der Waals surface area contributed by atoms with E-state index < -0.39 is 6.04 Å². The molecule has 1 aliphatic rings. The van der Waals surface area contributed by atoms with Gasteiger partial charge in [-0.3, -0.25) is 9.59 Å². The number of carbonyl (C=O) groups excluding carboxylic acids is 2. The largest absolute Gasteiger partial charge is 0.484 e. The van der Waals surface area contributed by atoms with Crippen molar-refractivity contribution in [1.29, 1.82) is 0 Å². The van der Waals surface area contributed by atoms with Gasteiger partial charge in [-0.05, 0) is 25.0 Å². The summed E-state index contributed by atoms with van der Waals surface area (Å²) < 4.78 is 10.4. The summed E-state index contributed by atoms with van der Waals surface area (Å²) in [6, 6.07) is 6.14. The molecule has 1 heterocycles. The van der Waals surface area contributed by atoms with Gasteiger partial charge >= 0.3 is 0 Å². The topological polar surface area (TPSA) is 93.9 Å². The van der Waals surface area contributed by atoms with Crippen LogP contribution < -0.4 is 15.8 Å². The maximum atomic E-state index is 11.9. The highest BCUT2D eigenvalue weighted by Gasteiger charge is 2.18. The van der Waals surface area contributed by atoms with Gasteiger partial charge in [-0.1, -0.05) is 6.07 Å². The first-order valence-electron chi connectivity index (χ1n) is 7.66. The van der Waals surface area contributed by atoms with Gasteiger partial charge in [0.25, 0.3) is 5.91 Å². The number of methoxy groups -OCH3 is 1. The van der Waals surface area contributed by atoms with E-state index >= 15 is 0 Å². The van der Waals surface area contributed by atoms with Gasteiger partial charge < -0.3 is 25.4 Å². The summed E-state index contributed by atoms with van der Waals surface area (Å²) in [5.74, 6) is 0.173. The molecule has 0 aromatic heterocycles. The molecule has 0 spiro atoms. The second kappa shape index (κ2) is 8.50. The van der Waals surface area contributed by atoms with Gasteiger partial charge in [0.1, 0.15) is 11.8 Å². The second-order valence-corrected chi connectivity index (χ2v) is 5.46. The number of likely N-dealkylation sites (tertiary alicyclic amines) is 1. The lowest BCUT2D eigenvalue weighted by Gasteiger charge is -2.16. The van der Waals surface area contributed by atoms with Gasteiger partial charge in [-0.25, -0.2) is 0 Å². The monoisotopic (exact) mass is 321 g/mol. The molecule has 3 N–H and O–H groups in total. The van der Waals surface area contributed by atoms with Crippen LogP contribution in [0.15, 0.2) is 24.3 Å². The number of benzene rings is 1. The molecule has 1 fully saturated rings. The first-order valence-corrected chi connectivity index (χ1v) is 7.66. The predicted molar refractivity (Wildman–Crippen MR) is 86.2 cm³/mol. The number of amides is 2. The molecule has 1 aliphatic heterocycles. The lowest BCUT2D eigenvalue weighted by molar-refractivity contribution is -0.132. The van der Waals surface area contributed by atoms with Gasteiger partial charge in [0.15, 0.2) is 6.61 Å². The molecule has 1 aromatic rings. The highest BCUT2D eigenvalue weighted by molar-refractivity contribution is 5.94. The SMILES string of the molecule is COCC(N)C(=O)Nc1cccc(OCC(=O)N2CCCC2)c1. The zero-order valence-corrected chi connectivity index (χ0v) is 13.3. The van der Waals surface area contributed by atoms with Gasteiger partial charge in [0, 0.05) is 32.0 Å². The van der Waals surface area contributed by atoms with E-state index in [-0.39, 0.29) is 25.0 Å². The van der Waals surface area contributed by atoms with Crippen molar-refractivity contribution in [3.63, 3.8) is 0 Å². The number of rotatable bonds is 7. The lowest BCUT2D eigenvalue weighted by Crippen LogP contribution is -2.39. The van der Waals surface area contributed by atoms with Crippen LogP contribution in [-0.4, -0.2) is 56.2 Å². The minimum Gasteiger partial charge on any atom is -0.484 e. The number of carbonyl (C=O) groups is 2. The molecule has 1 atom stereocenters. The zero-order chi connectivity index (χ0) is 16.7. The summed E-state index contributed by atoms with van der Waals surface area (Å²) in [5.41, 5.74) is 6.23. The van der Waals surface area contributed by atoms with Crippen LogP contribution in [0.2, 0.25) is 0 Å². The van der Waals surface area contributed by atoms with E-state index in [4.69, 9.17) is 15.2 Å². The van der Waals surface area contributed by atoms with Crippen LogP contribution in [0.1, 0.15) is 12.8 Å². The van der Waals surface area contributed by atoms with Crippen molar-refractivity contribution in [1.82, 2.24) is 4.90 Å². The molecule has 0 saturated carbocycles. The van der Waals surface area contributed by atoms with Crippen LogP contribution in [0.4, 0.5) is 5.69 Å². The third-order valence-electron chi connectivity index (χ3n) is 3.61. The first kappa shape index (κ1) is 17.2. The number of hydrogen-bond donors (Lipinski definition) is 2. The molecule has 1 saturated heterocycles. The average molecular weight is 321 g/mol. The van der Waals surface area contributed by atoms with E-state index in [1.807, 2.05) is 0 Å². The average Bonchev–Trinajstić information content (AvgIpc) is 3.07. The van der Waals surface area contributed by atoms with Crippen molar-refractivity contribution >= 4 is 17.5 Å². The number of nitrogens with two attached hydrogens (primary N) is 1. The fourth-order valence-corrected chi connectivity index (χ4v) is 2.36. The van der Waals surface area contributed by atoms with Gasteiger partial charge in [0.05, 0.1) is 6.61 Å². The third kappa shape index (κ3) is 5.22. The summed E-state index contributed by atoms with van der Waals surface area (Å²) in [6.45, 7) is 1.75. The van der Waals surface area contributed by atoms with Crippen LogP contribution in [0.3, 0.4) is 0 Å². The Balaban J connectivity index is 1.86. The molecular formula is C16H23N3O4. The molecule has 2 amide bonds. The molecule has 1 aromatic carbocycles. The highest BCUT2D eigenvalue weighted by Crippen LogP contribution is 2.18. The Bertz CT molecular complexity index is 544. The maximum Gasteiger partial charge on any atom is 0.260 e. The van der Waals surface area contributed by atoms with Crippen molar-refractivity contribution in [2.75, 3.05) is 38.7 Å². The summed E-state index contributed by atoms with van der Waals surface area (Å²) in [5, 5.41) is 2.69. The van der Waals surface area contributed by atoms with Gasteiger partial charge in [0.2, 0.25) is 5.91 Å². The van der Waals surface area contributed by atoms with Crippen molar-refractivity contribution in [3.8, 4) is 5.75 Å². The van der Waals surface area contributed by atoms with Crippen LogP contribution in [0, 0.1) is 0 Å². The summed E-state index contributed by atoms with van der Waals surface area (Å²) in [4.78, 5) is 25.6. The summed E-state index contributed by atoms with van der Waals surface area (Å²) in [6.07, 6.45) is 2.10. The van der Waals surface area contributed by atoms with E-state index in [2.05, 4.69) is 5.32 Å². The Morgan fingerprint density at radius 1 is 1.35 bits per heavy atom. The smallest absolute Gasteiger partial charge is 0.260 e. The Morgan fingerprint density at radius 2 is 2.09 bits per heavy atom. The van der Waals surface area contributed by atoms with Crippen molar-refractivity contribution in [3.05, 3.63) is 24.3 Å². The Kier molecular flexibility index (Phi) is 6.37. The predicted octanol–water partition coefficient (Wildman–Crippen LogP) is 0.600. The molecule has 1 unspecified atom stereocenters. The first-order chi connectivity index (χ1) is 11.1. The fourth-order valence-electron chi connectivity index (χ4n) is 2.36. The minimum absolute atomic E-state index is 0.000584. The van der Waals surface area contributed by atoms with E-state index in [1.54, 1.807) is 29.2 Å². The Hall–Kier alpha value is -2.12. The van der Waals surface area contributed by atoms with Gasteiger partial charge in [-0.15, -0.1) is 0 Å². The van der Waals surface area contributed by atoms with Crippen LogP contribution in [-0.2, 0) is 14.3 Å². The number of nitrogens with zero attached hydrogens (tertiary/aromatic N) is 1. The lowest BCUT2D eigenvalue weighted by atomic mass is 10.2. The van der Waals surface area contributed by atoms with Crippen molar-refractivity contribution < 1.29 is 19.1 Å². The second-order valence-electron chi connectivity index (χ2n) is 5.46. The third-order valence-corrected chi connectivity index (χ3v) is 3.61. The number of ether oxygens (including phenoxy) is 2. The quantitative estimate of drug-likeness (QED) is 0.767. The normalized spacial score (nSPS) is 15.3. The molecular weight excluding hydrogens is 298 g/mol. The molecule has 2 rings (SSSR count). The Morgan fingerprint density at radius 3 is 2.78 bits per heavy atom. The number of hydrogen-bond acceptors (Lipinski definition) is 5. The van der Waals surface area contributed by atoms with E-state index in [1.165, 1.54) is 7.11 Å². The fraction of sp³-hybridized carbons (Fsp3) is 0.500. The zero-order valence-electron chi connectivity index (χ0n) is 13.3. The summed E-state index contributed by atoms with van der Waals surface area (Å²) in [7, 11) is 1.49. The minimum atomic E-state index is -0.735. The maximum absolute atomic E-state index is 11.9. The highest BCUT2D eigenvalue weighted by atomic mass is 16.5. The van der Waals surface area contributed by atoms with E-state index in [9.17, 15) is 9.59 Å². The van der Waals surface area contributed by atoms with E-state index in [0.29, 0.717) is 11.4 Å². The molecule has 7 nitrogen and oxygen atoms in total. The molecule has 126 valence electrons.